The Hall–Kier alpha value is -10.1. The van der Waals surface area contributed by atoms with E-state index in [1.54, 1.807) is 0 Å². The van der Waals surface area contributed by atoms with Gasteiger partial charge in [-0.05, 0) is 66.7 Å². The minimum atomic E-state index is 0.437. The Morgan fingerprint density at radius 2 is 0.681 bits per heavy atom. The molecule has 318 valence electrons. The molecular formula is C61H34N8. The van der Waals surface area contributed by atoms with Crippen molar-refractivity contribution >= 4 is 65.4 Å². The summed E-state index contributed by atoms with van der Waals surface area (Å²) < 4.78 is 6.70. The van der Waals surface area contributed by atoms with Crippen molar-refractivity contribution in [2.75, 3.05) is 0 Å². The molecular weight excluding hydrogens is 845 g/mol. The van der Waals surface area contributed by atoms with Crippen LogP contribution in [0.5, 0.6) is 0 Å². The van der Waals surface area contributed by atoms with Gasteiger partial charge < -0.3 is 13.7 Å². The molecule has 0 atom stereocenters. The third-order valence-electron chi connectivity index (χ3n) is 13.3. The van der Waals surface area contributed by atoms with Gasteiger partial charge in [-0.15, -0.1) is 0 Å². The highest BCUT2D eigenvalue weighted by molar-refractivity contribution is 6.40. The first-order valence-electron chi connectivity index (χ1n) is 22.6. The van der Waals surface area contributed by atoms with Crippen LogP contribution in [-0.4, -0.2) is 23.7 Å². The molecule has 0 spiro atoms. The van der Waals surface area contributed by atoms with E-state index < -0.39 is 0 Å². The number of nitriles is 3. The Labute approximate surface area is 395 Å². The van der Waals surface area contributed by atoms with Crippen molar-refractivity contribution in [2.45, 2.75) is 0 Å². The summed E-state index contributed by atoms with van der Waals surface area (Å²) >= 11 is 0. The Balaban J connectivity index is 1.21. The number of para-hydroxylation sites is 5. The number of fused-ring (bicyclic) bond motifs is 12. The SMILES string of the molecule is N#Cc1ccccc1-n1c2ccccc2c2c1c1c3ccccc3n(-c3ccc(-c4nc(-c5ccccc5)cc(-c5ccccc5)n4)cc3C#N)c1c1c3ccccc3n(-c3ccccc3C#N)c21. The topological polar surface area (TPSA) is 112 Å². The van der Waals surface area contributed by atoms with Crippen LogP contribution < -0.4 is 0 Å². The van der Waals surface area contributed by atoms with Crippen LogP contribution in [0.2, 0.25) is 0 Å². The zero-order valence-electron chi connectivity index (χ0n) is 36.7. The fourth-order valence-electron chi connectivity index (χ4n) is 10.5. The molecule has 0 saturated carbocycles. The van der Waals surface area contributed by atoms with E-state index in [-0.39, 0.29) is 0 Å². The average Bonchev–Trinajstić information content (AvgIpc) is 4.07. The second-order valence-electron chi connectivity index (χ2n) is 17.0. The summed E-state index contributed by atoms with van der Waals surface area (Å²) in [6.45, 7) is 0. The van der Waals surface area contributed by atoms with Gasteiger partial charge in [0.2, 0.25) is 0 Å². The number of nitrogens with zero attached hydrogens (tertiary/aromatic N) is 8. The highest BCUT2D eigenvalue weighted by Crippen LogP contribution is 2.51. The number of aromatic nitrogens is 5. The summed E-state index contributed by atoms with van der Waals surface area (Å²) in [4.78, 5) is 10.2. The largest absolute Gasteiger partial charge is 0.307 e. The predicted octanol–water partition coefficient (Wildman–Crippen LogP) is 14.4. The quantitative estimate of drug-likeness (QED) is 0.165. The van der Waals surface area contributed by atoms with E-state index in [1.807, 2.05) is 152 Å². The van der Waals surface area contributed by atoms with Crippen LogP contribution in [0.15, 0.2) is 206 Å². The highest BCUT2D eigenvalue weighted by Gasteiger charge is 2.30. The van der Waals surface area contributed by atoms with Crippen LogP contribution in [0, 0.1) is 34.0 Å². The van der Waals surface area contributed by atoms with E-state index >= 15 is 0 Å². The molecule has 13 aromatic rings. The lowest BCUT2D eigenvalue weighted by Crippen LogP contribution is -2.02. The molecule has 4 aromatic heterocycles. The third-order valence-corrected chi connectivity index (χ3v) is 13.3. The number of hydrogen-bond donors (Lipinski definition) is 0. The van der Waals surface area contributed by atoms with Crippen molar-refractivity contribution in [1.82, 2.24) is 23.7 Å². The Morgan fingerprint density at radius 3 is 1.10 bits per heavy atom. The lowest BCUT2D eigenvalue weighted by atomic mass is 10.0. The first kappa shape index (κ1) is 39.3. The second kappa shape index (κ2) is 15.5. The van der Waals surface area contributed by atoms with Gasteiger partial charge in [0.1, 0.15) is 18.2 Å². The van der Waals surface area contributed by atoms with Gasteiger partial charge in [0.25, 0.3) is 0 Å². The van der Waals surface area contributed by atoms with Crippen molar-refractivity contribution < 1.29 is 0 Å². The molecule has 0 radical (unpaired) electrons. The second-order valence-corrected chi connectivity index (χ2v) is 17.0. The zero-order chi connectivity index (χ0) is 46.2. The molecule has 8 heteroatoms. The van der Waals surface area contributed by atoms with Gasteiger partial charge in [0.15, 0.2) is 5.82 Å². The lowest BCUT2D eigenvalue weighted by Gasteiger charge is -2.15. The smallest absolute Gasteiger partial charge is 0.160 e. The molecule has 0 bridgehead atoms. The van der Waals surface area contributed by atoms with Crippen molar-refractivity contribution in [3.05, 3.63) is 223 Å². The number of benzene rings is 9. The van der Waals surface area contributed by atoms with Crippen LogP contribution in [-0.2, 0) is 0 Å². The van der Waals surface area contributed by atoms with E-state index in [9.17, 15) is 15.8 Å². The number of rotatable bonds is 6. The maximum atomic E-state index is 11.3. The Bertz CT molecular complexity index is 4250. The first-order chi connectivity index (χ1) is 34.1. The van der Waals surface area contributed by atoms with E-state index in [4.69, 9.17) is 9.97 Å². The molecule has 69 heavy (non-hydrogen) atoms. The van der Waals surface area contributed by atoms with E-state index in [1.165, 1.54) is 0 Å². The fourth-order valence-corrected chi connectivity index (χ4v) is 10.5. The summed E-state index contributed by atoms with van der Waals surface area (Å²) in [5.41, 5.74) is 13.3. The first-order valence-corrected chi connectivity index (χ1v) is 22.6. The molecule has 0 saturated heterocycles. The van der Waals surface area contributed by atoms with Crippen molar-refractivity contribution in [2.24, 2.45) is 0 Å². The zero-order valence-corrected chi connectivity index (χ0v) is 36.7. The maximum Gasteiger partial charge on any atom is 0.160 e. The Kier molecular flexibility index (Phi) is 8.85. The Morgan fingerprint density at radius 1 is 0.319 bits per heavy atom. The van der Waals surface area contributed by atoms with Crippen LogP contribution in [0.3, 0.4) is 0 Å². The van der Waals surface area contributed by atoms with Crippen molar-refractivity contribution in [3.8, 4) is 69.2 Å². The van der Waals surface area contributed by atoms with Gasteiger partial charge in [-0.2, -0.15) is 15.8 Å². The van der Waals surface area contributed by atoms with Gasteiger partial charge in [-0.25, -0.2) is 9.97 Å². The number of hydrogen-bond acceptors (Lipinski definition) is 5. The molecule has 0 amide bonds. The third kappa shape index (κ3) is 5.85. The van der Waals surface area contributed by atoms with Crippen LogP contribution >= 0.6 is 0 Å². The predicted molar refractivity (Wildman–Crippen MR) is 276 cm³/mol. The summed E-state index contributed by atoms with van der Waals surface area (Å²) in [6.07, 6.45) is 0. The monoisotopic (exact) mass is 878 g/mol. The van der Waals surface area contributed by atoms with Gasteiger partial charge in [-0.3, -0.25) is 0 Å². The standard InChI is InChI=1S/C61H34N8/c62-35-41-21-7-12-26-49(41)67-52-28-14-9-23-44(52)55-58-56(45-24-10-15-29-53(45)68(58)50-27-13-8-22-42(50)36-63)60-57(59(55)67)46-25-11-16-30-54(46)69(60)51-32-31-40(33-43(51)37-64)61-65-47(38-17-3-1-4-18-38)34-48(66-61)39-19-5-2-6-20-39/h1-34H. The molecule has 9 aromatic carbocycles. The van der Waals surface area contributed by atoms with Gasteiger partial charge >= 0.3 is 0 Å². The van der Waals surface area contributed by atoms with Crippen molar-refractivity contribution in [3.63, 3.8) is 0 Å². The minimum Gasteiger partial charge on any atom is -0.307 e. The lowest BCUT2D eigenvalue weighted by molar-refractivity contribution is 1.15. The molecule has 0 unspecified atom stereocenters. The van der Waals surface area contributed by atoms with Crippen molar-refractivity contribution in [1.29, 1.82) is 15.8 Å². The van der Waals surface area contributed by atoms with Gasteiger partial charge in [0.05, 0.1) is 78.2 Å². The molecule has 0 fully saturated rings. The summed E-state index contributed by atoms with van der Waals surface area (Å²) in [5.74, 6) is 0.504. The summed E-state index contributed by atoms with van der Waals surface area (Å²) in [5, 5.41) is 38.6. The van der Waals surface area contributed by atoms with Gasteiger partial charge in [0, 0.05) is 49.0 Å². The molecule has 0 aliphatic heterocycles. The highest BCUT2D eigenvalue weighted by atomic mass is 15.1. The minimum absolute atomic E-state index is 0.437. The molecule has 0 aliphatic rings. The van der Waals surface area contributed by atoms with Gasteiger partial charge in [-0.1, -0.05) is 140 Å². The fraction of sp³-hybridized carbons (Fsp3) is 0. The maximum absolute atomic E-state index is 11.3. The van der Waals surface area contributed by atoms with E-state index in [2.05, 4.69) is 86.5 Å². The van der Waals surface area contributed by atoms with Crippen LogP contribution in [0.1, 0.15) is 16.7 Å². The van der Waals surface area contributed by atoms with E-state index in [0.717, 1.165) is 99.3 Å². The molecule has 8 nitrogen and oxygen atoms in total. The average molecular weight is 879 g/mol. The van der Waals surface area contributed by atoms with Crippen LogP contribution in [0.25, 0.3) is 116 Å². The van der Waals surface area contributed by atoms with E-state index in [0.29, 0.717) is 33.8 Å². The molecule has 13 rings (SSSR count). The summed E-state index contributed by atoms with van der Waals surface area (Å²) in [6, 6.07) is 76.2. The normalized spacial score (nSPS) is 11.4. The molecule has 4 heterocycles. The molecule has 0 aliphatic carbocycles. The molecule has 0 N–H and O–H groups in total. The summed E-state index contributed by atoms with van der Waals surface area (Å²) in [7, 11) is 0. The van der Waals surface area contributed by atoms with Crippen LogP contribution in [0.4, 0.5) is 0 Å².